The molecule has 0 spiro atoms. The van der Waals surface area contributed by atoms with Crippen LogP contribution in [0.25, 0.3) is 10.4 Å². The number of nitrogen functional groups attached to an aromatic ring is 1. The second kappa shape index (κ2) is 3.20. The lowest BCUT2D eigenvalue weighted by Gasteiger charge is -1.84. The summed E-state index contributed by atoms with van der Waals surface area (Å²) >= 11 is 1.38. The Morgan fingerprint density at radius 3 is 2.79 bits per heavy atom. The fourth-order valence-electron chi connectivity index (χ4n) is 1.21. The Balaban J connectivity index is 2.48. The molecule has 0 aromatic carbocycles. The van der Waals surface area contributed by atoms with Gasteiger partial charge in [-0.05, 0) is 19.1 Å². The fourth-order valence-corrected chi connectivity index (χ4v) is 2.06. The van der Waals surface area contributed by atoms with Crippen LogP contribution in [0.15, 0.2) is 22.8 Å². The van der Waals surface area contributed by atoms with Gasteiger partial charge >= 0.3 is 0 Å². The summed E-state index contributed by atoms with van der Waals surface area (Å²) < 4.78 is 5.18. The van der Waals surface area contributed by atoms with Crippen molar-refractivity contribution in [2.24, 2.45) is 0 Å². The van der Waals surface area contributed by atoms with Crippen molar-refractivity contribution in [2.75, 3.05) is 5.73 Å². The number of nitriles is 1. The van der Waals surface area contributed by atoms with E-state index in [0.717, 1.165) is 16.2 Å². The van der Waals surface area contributed by atoms with E-state index in [1.54, 1.807) is 12.3 Å². The summed E-state index contributed by atoms with van der Waals surface area (Å²) in [4.78, 5) is 1.52. The minimum Gasteiger partial charge on any atom is -0.469 e. The molecule has 0 aliphatic rings. The standard InChI is InChI=1S/C10H8N2OS/c1-6-2-7(5-13-6)9-3-8(12)10(4-11)14-9/h2-3,5H,12H2,1H3. The predicted molar refractivity (Wildman–Crippen MR) is 55.9 cm³/mol. The predicted octanol–water partition coefficient (Wildman–Crippen LogP) is 2.77. The van der Waals surface area contributed by atoms with Gasteiger partial charge in [0.2, 0.25) is 0 Å². The average Bonchev–Trinajstić information content (AvgIpc) is 2.71. The van der Waals surface area contributed by atoms with Gasteiger partial charge in [0.1, 0.15) is 16.7 Å². The largest absolute Gasteiger partial charge is 0.469 e. The molecule has 0 radical (unpaired) electrons. The summed E-state index contributed by atoms with van der Waals surface area (Å²) in [5.74, 6) is 0.852. The van der Waals surface area contributed by atoms with Crippen LogP contribution in [0.4, 0.5) is 5.69 Å². The van der Waals surface area contributed by atoms with Crippen LogP contribution in [0, 0.1) is 18.3 Å². The molecule has 2 heterocycles. The highest BCUT2D eigenvalue weighted by molar-refractivity contribution is 7.16. The molecule has 0 bridgehead atoms. The molecular formula is C10H8N2OS. The van der Waals surface area contributed by atoms with Gasteiger partial charge in [-0.2, -0.15) is 5.26 Å². The Bertz CT molecular complexity index is 504. The van der Waals surface area contributed by atoms with Gasteiger partial charge < -0.3 is 10.2 Å². The quantitative estimate of drug-likeness (QED) is 0.776. The maximum Gasteiger partial charge on any atom is 0.128 e. The molecule has 0 aliphatic heterocycles. The number of hydrogen-bond acceptors (Lipinski definition) is 4. The number of hydrogen-bond donors (Lipinski definition) is 1. The zero-order valence-electron chi connectivity index (χ0n) is 7.57. The monoisotopic (exact) mass is 204 g/mol. The number of thiophene rings is 1. The van der Waals surface area contributed by atoms with Crippen molar-refractivity contribution in [3.05, 3.63) is 29.0 Å². The average molecular weight is 204 g/mol. The highest BCUT2D eigenvalue weighted by Crippen LogP contribution is 2.33. The van der Waals surface area contributed by atoms with E-state index < -0.39 is 0 Å². The number of rotatable bonds is 1. The first-order chi connectivity index (χ1) is 6.70. The molecule has 0 saturated heterocycles. The van der Waals surface area contributed by atoms with Crippen LogP contribution in [0.1, 0.15) is 10.6 Å². The van der Waals surface area contributed by atoms with E-state index in [2.05, 4.69) is 6.07 Å². The number of aryl methyl sites for hydroxylation is 1. The lowest BCUT2D eigenvalue weighted by molar-refractivity contribution is 0.535. The number of nitrogens with two attached hydrogens (primary N) is 1. The molecule has 2 rings (SSSR count). The smallest absolute Gasteiger partial charge is 0.128 e. The Hall–Kier alpha value is -1.73. The molecule has 2 N–H and O–H groups in total. The van der Waals surface area contributed by atoms with Gasteiger partial charge in [0.25, 0.3) is 0 Å². The molecule has 0 fully saturated rings. The van der Waals surface area contributed by atoms with Crippen molar-refractivity contribution in [3.63, 3.8) is 0 Å². The lowest BCUT2D eigenvalue weighted by atomic mass is 10.2. The van der Waals surface area contributed by atoms with E-state index in [1.165, 1.54) is 11.3 Å². The first kappa shape index (κ1) is 8.85. The Kier molecular flexibility index (Phi) is 2.02. The van der Waals surface area contributed by atoms with Crippen molar-refractivity contribution in [2.45, 2.75) is 6.92 Å². The molecule has 0 atom stereocenters. The van der Waals surface area contributed by atoms with Crippen molar-refractivity contribution < 1.29 is 4.42 Å². The Morgan fingerprint density at radius 1 is 1.50 bits per heavy atom. The number of nitrogens with zero attached hydrogens (tertiary/aromatic N) is 1. The minimum atomic E-state index is 0.534. The van der Waals surface area contributed by atoms with Gasteiger partial charge in [0.15, 0.2) is 0 Å². The molecule has 2 aromatic heterocycles. The SMILES string of the molecule is Cc1cc(-c2cc(N)c(C#N)s2)co1. The van der Waals surface area contributed by atoms with Crippen molar-refractivity contribution in [1.82, 2.24) is 0 Å². The van der Waals surface area contributed by atoms with E-state index in [4.69, 9.17) is 15.4 Å². The molecule has 0 unspecified atom stereocenters. The van der Waals surface area contributed by atoms with Crippen LogP contribution in [0.5, 0.6) is 0 Å². The normalized spacial score (nSPS) is 10.0. The molecule has 2 aromatic rings. The first-order valence-corrected chi connectivity index (χ1v) is 4.87. The summed E-state index contributed by atoms with van der Waals surface area (Å²) in [6.07, 6.45) is 1.67. The second-order valence-electron chi connectivity index (χ2n) is 2.95. The van der Waals surface area contributed by atoms with Gasteiger partial charge in [-0.3, -0.25) is 0 Å². The molecular weight excluding hydrogens is 196 g/mol. The topological polar surface area (TPSA) is 63.0 Å². The molecule has 0 aliphatic carbocycles. The van der Waals surface area contributed by atoms with Gasteiger partial charge in [0, 0.05) is 10.4 Å². The molecule has 0 saturated carbocycles. The van der Waals surface area contributed by atoms with Gasteiger partial charge in [-0.15, -0.1) is 11.3 Å². The third kappa shape index (κ3) is 1.38. The molecule has 70 valence electrons. The Labute approximate surface area is 85.4 Å². The van der Waals surface area contributed by atoms with Gasteiger partial charge in [-0.1, -0.05) is 0 Å². The van der Waals surface area contributed by atoms with E-state index >= 15 is 0 Å². The summed E-state index contributed by atoms with van der Waals surface area (Å²) in [5.41, 5.74) is 7.16. The van der Waals surface area contributed by atoms with E-state index in [1.807, 2.05) is 13.0 Å². The van der Waals surface area contributed by atoms with Crippen LogP contribution in [-0.4, -0.2) is 0 Å². The second-order valence-corrected chi connectivity index (χ2v) is 4.01. The van der Waals surface area contributed by atoms with E-state index in [0.29, 0.717) is 10.6 Å². The number of furan rings is 1. The molecule has 4 heteroatoms. The van der Waals surface area contributed by atoms with Crippen LogP contribution >= 0.6 is 11.3 Å². The lowest BCUT2D eigenvalue weighted by Crippen LogP contribution is -1.81. The van der Waals surface area contributed by atoms with Crippen LogP contribution in [-0.2, 0) is 0 Å². The van der Waals surface area contributed by atoms with Gasteiger partial charge in [0.05, 0.1) is 12.0 Å². The fraction of sp³-hybridized carbons (Fsp3) is 0.100. The van der Waals surface area contributed by atoms with E-state index in [-0.39, 0.29) is 0 Å². The van der Waals surface area contributed by atoms with Crippen molar-refractivity contribution in [3.8, 4) is 16.5 Å². The molecule has 14 heavy (non-hydrogen) atoms. The van der Waals surface area contributed by atoms with Crippen LogP contribution < -0.4 is 5.73 Å². The highest BCUT2D eigenvalue weighted by atomic mass is 32.1. The van der Waals surface area contributed by atoms with Gasteiger partial charge in [-0.25, -0.2) is 0 Å². The summed E-state index contributed by atoms with van der Waals surface area (Å²) in [6.45, 7) is 1.88. The van der Waals surface area contributed by atoms with E-state index in [9.17, 15) is 0 Å². The third-order valence-corrected chi connectivity index (χ3v) is 2.98. The van der Waals surface area contributed by atoms with Crippen molar-refractivity contribution in [1.29, 1.82) is 5.26 Å². The van der Waals surface area contributed by atoms with Crippen LogP contribution in [0.2, 0.25) is 0 Å². The summed E-state index contributed by atoms with van der Waals surface area (Å²) in [5, 5.41) is 8.74. The molecule has 3 nitrogen and oxygen atoms in total. The van der Waals surface area contributed by atoms with Crippen molar-refractivity contribution >= 4 is 17.0 Å². The molecule has 0 amide bonds. The maximum atomic E-state index is 8.74. The zero-order chi connectivity index (χ0) is 10.1. The first-order valence-electron chi connectivity index (χ1n) is 4.05. The van der Waals surface area contributed by atoms with Crippen LogP contribution in [0.3, 0.4) is 0 Å². The highest BCUT2D eigenvalue weighted by Gasteiger charge is 2.08. The maximum absolute atomic E-state index is 8.74. The Morgan fingerprint density at radius 2 is 2.29 bits per heavy atom. The minimum absolute atomic E-state index is 0.534. The third-order valence-electron chi connectivity index (χ3n) is 1.88. The number of anilines is 1. The summed E-state index contributed by atoms with van der Waals surface area (Å²) in [6, 6.07) is 5.78. The zero-order valence-corrected chi connectivity index (χ0v) is 8.39. The summed E-state index contributed by atoms with van der Waals surface area (Å²) in [7, 11) is 0.